The van der Waals surface area contributed by atoms with Gasteiger partial charge in [0.05, 0.1) is 12.5 Å². The van der Waals surface area contributed by atoms with Gasteiger partial charge in [-0.3, -0.25) is 9.59 Å². The number of amides is 1. The predicted molar refractivity (Wildman–Crippen MR) is 103 cm³/mol. The lowest BCUT2D eigenvalue weighted by Crippen LogP contribution is -2.46. The van der Waals surface area contributed by atoms with E-state index in [2.05, 4.69) is 12.2 Å². The van der Waals surface area contributed by atoms with Crippen molar-refractivity contribution in [3.8, 4) is 0 Å². The standard InChI is InChI=1S/C18H30Cl3NO3/c1-3-5-6-7-8-9-10-13-11-12-14(15(13)16(23)25-4-2)22-17(24)18(19,20)21/h13-15H,3-12H2,1-2H3,(H,22,24)/t13-,14+,15+/m0/s1. The number of carbonyl (C=O) groups excluding carboxylic acids is 2. The van der Waals surface area contributed by atoms with Gasteiger partial charge >= 0.3 is 5.97 Å². The van der Waals surface area contributed by atoms with Gasteiger partial charge in [0, 0.05) is 6.04 Å². The Hall–Kier alpha value is -0.190. The van der Waals surface area contributed by atoms with Crippen molar-refractivity contribution >= 4 is 46.7 Å². The zero-order valence-corrected chi connectivity index (χ0v) is 17.4. The monoisotopic (exact) mass is 413 g/mol. The second-order valence-corrected chi connectivity index (χ2v) is 9.03. The van der Waals surface area contributed by atoms with Crippen molar-refractivity contribution in [1.29, 1.82) is 0 Å². The summed E-state index contributed by atoms with van der Waals surface area (Å²) in [7, 11) is 0. The van der Waals surface area contributed by atoms with Crippen LogP contribution in [0.3, 0.4) is 0 Å². The number of hydrogen-bond donors (Lipinski definition) is 1. The third-order valence-electron chi connectivity index (χ3n) is 4.85. The van der Waals surface area contributed by atoms with E-state index in [1.807, 2.05) is 0 Å². The van der Waals surface area contributed by atoms with Crippen LogP contribution in [0.15, 0.2) is 0 Å². The van der Waals surface area contributed by atoms with Crippen LogP contribution in [0.4, 0.5) is 0 Å². The van der Waals surface area contributed by atoms with Gasteiger partial charge in [-0.2, -0.15) is 0 Å². The van der Waals surface area contributed by atoms with Crippen LogP contribution < -0.4 is 5.32 Å². The molecule has 1 aliphatic carbocycles. The van der Waals surface area contributed by atoms with Gasteiger partial charge in [0.2, 0.25) is 0 Å². The maximum atomic E-state index is 12.4. The van der Waals surface area contributed by atoms with Crippen LogP contribution in [0, 0.1) is 11.8 Å². The second-order valence-electron chi connectivity index (χ2n) is 6.75. The SMILES string of the molecule is CCCCCCCC[C@H]1CC[C@@H](NC(=O)C(Cl)(Cl)Cl)[C@@H]1C(=O)OCC. The number of ether oxygens (including phenoxy) is 1. The number of esters is 1. The Morgan fingerprint density at radius 3 is 2.28 bits per heavy atom. The highest BCUT2D eigenvalue weighted by atomic mass is 35.6. The first-order valence-corrected chi connectivity index (χ1v) is 10.5. The normalized spacial score (nSPS) is 23.5. The lowest BCUT2D eigenvalue weighted by molar-refractivity contribution is -0.150. The number of alkyl halides is 3. The molecule has 25 heavy (non-hydrogen) atoms. The molecule has 0 aliphatic heterocycles. The molecule has 146 valence electrons. The number of carbonyl (C=O) groups is 2. The van der Waals surface area contributed by atoms with Crippen LogP contribution >= 0.6 is 34.8 Å². The largest absolute Gasteiger partial charge is 0.466 e. The maximum Gasteiger partial charge on any atom is 0.311 e. The highest BCUT2D eigenvalue weighted by molar-refractivity contribution is 6.76. The molecule has 0 aromatic heterocycles. The highest BCUT2D eigenvalue weighted by Gasteiger charge is 2.44. The summed E-state index contributed by atoms with van der Waals surface area (Å²) < 4.78 is 3.21. The van der Waals surface area contributed by atoms with Gasteiger partial charge < -0.3 is 10.1 Å². The van der Waals surface area contributed by atoms with Crippen molar-refractivity contribution in [1.82, 2.24) is 5.32 Å². The molecule has 0 bridgehead atoms. The fraction of sp³-hybridized carbons (Fsp3) is 0.889. The molecule has 1 saturated carbocycles. The van der Waals surface area contributed by atoms with Crippen LogP contribution in [0.1, 0.15) is 71.6 Å². The molecule has 0 spiro atoms. The molecule has 0 aromatic rings. The molecule has 0 saturated heterocycles. The number of nitrogens with one attached hydrogen (secondary N) is 1. The number of unbranched alkanes of at least 4 members (excludes halogenated alkanes) is 5. The topological polar surface area (TPSA) is 55.4 Å². The van der Waals surface area contributed by atoms with E-state index >= 15 is 0 Å². The van der Waals surface area contributed by atoms with Crippen LogP contribution in [0.2, 0.25) is 0 Å². The molecule has 0 unspecified atom stereocenters. The van der Waals surface area contributed by atoms with Crippen molar-refractivity contribution in [3.05, 3.63) is 0 Å². The summed E-state index contributed by atoms with van der Waals surface area (Å²) in [5.74, 6) is -1.08. The van der Waals surface area contributed by atoms with Gasteiger partial charge in [0.15, 0.2) is 0 Å². The molecule has 1 amide bonds. The van der Waals surface area contributed by atoms with Gasteiger partial charge in [-0.25, -0.2) is 0 Å². The summed E-state index contributed by atoms with van der Waals surface area (Å²) in [5.41, 5.74) is 0. The van der Waals surface area contributed by atoms with Gasteiger partial charge in [0.25, 0.3) is 9.70 Å². The van der Waals surface area contributed by atoms with E-state index in [0.717, 1.165) is 19.3 Å². The Morgan fingerprint density at radius 2 is 1.68 bits per heavy atom. The molecule has 1 N–H and O–H groups in total. The maximum absolute atomic E-state index is 12.4. The molecule has 3 atom stereocenters. The number of halogens is 3. The molecule has 0 heterocycles. The Balaban J connectivity index is 2.59. The van der Waals surface area contributed by atoms with E-state index in [1.165, 1.54) is 32.1 Å². The molecule has 1 fully saturated rings. The summed E-state index contributed by atoms with van der Waals surface area (Å²) in [5, 5.41) is 2.72. The van der Waals surface area contributed by atoms with E-state index in [4.69, 9.17) is 39.5 Å². The lowest BCUT2D eigenvalue weighted by Gasteiger charge is -2.25. The summed E-state index contributed by atoms with van der Waals surface area (Å²) >= 11 is 16.9. The van der Waals surface area contributed by atoms with Crippen LogP contribution in [0.25, 0.3) is 0 Å². The molecule has 7 heteroatoms. The average molecular weight is 415 g/mol. The van der Waals surface area contributed by atoms with Crippen molar-refractivity contribution in [2.75, 3.05) is 6.61 Å². The first kappa shape index (κ1) is 22.9. The minimum atomic E-state index is -2.02. The zero-order chi connectivity index (χ0) is 18.9. The fourth-order valence-electron chi connectivity index (χ4n) is 3.60. The summed E-state index contributed by atoms with van der Waals surface area (Å²) in [6.07, 6.45) is 9.84. The van der Waals surface area contributed by atoms with E-state index in [1.54, 1.807) is 6.92 Å². The van der Waals surface area contributed by atoms with Crippen LogP contribution in [-0.4, -0.2) is 28.3 Å². The highest BCUT2D eigenvalue weighted by Crippen LogP contribution is 2.38. The van der Waals surface area contributed by atoms with Crippen LogP contribution in [-0.2, 0) is 14.3 Å². The summed E-state index contributed by atoms with van der Waals surface area (Å²) in [6, 6.07) is -0.327. The first-order chi connectivity index (χ1) is 11.8. The van der Waals surface area contributed by atoms with Gasteiger partial charge in [-0.15, -0.1) is 0 Å². The quantitative estimate of drug-likeness (QED) is 0.304. The molecule has 4 nitrogen and oxygen atoms in total. The molecule has 0 radical (unpaired) electrons. The molecule has 0 aromatic carbocycles. The third kappa shape index (κ3) is 7.92. The third-order valence-corrected chi connectivity index (χ3v) is 5.37. The van der Waals surface area contributed by atoms with Crippen LogP contribution in [0.5, 0.6) is 0 Å². The van der Waals surface area contributed by atoms with E-state index in [0.29, 0.717) is 13.0 Å². The second kappa shape index (κ2) is 11.5. The Bertz CT molecular complexity index is 426. The summed E-state index contributed by atoms with van der Waals surface area (Å²) in [4.78, 5) is 24.4. The van der Waals surface area contributed by atoms with Gasteiger partial charge in [-0.05, 0) is 32.1 Å². The van der Waals surface area contributed by atoms with E-state index in [9.17, 15) is 9.59 Å². The first-order valence-electron chi connectivity index (χ1n) is 9.35. The molecular weight excluding hydrogens is 385 g/mol. The minimum absolute atomic E-state index is 0.214. The minimum Gasteiger partial charge on any atom is -0.466 e. The van der Waals surface area contributed by atoms with Gasteiger partial charge in [-0.1, -0.05) is 80.3 Å². The Labute approximate surface area is 166 Å². The van der Waals surface area contributed by atoms with Crippen molar-refractivity contribution < 1.29 is 14.3 Å². The van der Waals surface area contributed by atoms with Crippen molar-refractivity contribution in [3.63, 3.8) is 0 Å². The van der Waals surface area contributed by atoms with Crippen molar-refractivity contribution in [2.24, 2.45) is 11.8 Å². The number of rotatable bonds is 10. The Morgan fingerprint density at radius 1 is 1.04 bits per heavy atom. The number of hydrogen-bond acceptors (Lipinski definition) is 3. The smallest absolute Gasteiger partial charge is 0.311 e. The van der Waals surface area contributed by atoms with Gasteiger partial charge in [0.1, 0.15) is 0 Å². The zero-order valence-electron chi connectivity index (χ0n) is 15.2. The van der Waals surface area contributed by atoms with Crippen molar-refractivity contribution in [2.45, 2.75) is 81.5 Å². The molecule has 1 rings (SSSR count). The predicted octanol–water partition coefficient (Wildman–Crippen LogP) is 5.18. The fourth-order valence-corrected chi connectivity index (χ4v) is 3.76. The molecule has 1 aliphatic rings. The van der Waals surface area contributed by atoms with E-state index in [-0.39, 0.29) is 23.8 Å². The Kier molecular flexibility index (Phi) is 10.5. The molecular formula is C18H30Cl3NO3. The lowest BCUT2D eigenvalue weighted by atomic mass is 9.88. The van der Waals surface area contributed by atoms with E-state index < -0.39 is 9.70 Å². The summed E-state index contributed by atoms with van der Waals surface area (Å²) in [6.45, 7) is 4.31. The average Bonchev–Trinajstić information content (AvgIpc) is 2.92.